The SMILES string of the molecule is COc1ccc(C)cc1NC(=O)[C@@H](C)OC(=O)c1cc(O)c2ccccc2c1O. The molecule has 0 aromatic heterocycles. The van der Waals surface area contributed by atoms with E-state index in [4.69, 9.17) is 9.47 Å². The van der Waals surface area contributed by atoms with Gasteiger partial charge < -0.3 is 25.0 Å². The highest BCUT2D eigenvalue weighted by Crippen LogP contribution is 2.35. The summed E-state index contributed by atoms with van der Waals surface area (Å²) in [5, 5.41) is 23.9. The van der Waals surface area contributed by atoms with Gasteiger partial charge in [0.05, 0.1) is 12.8 Å². The molecule has 3 rings (SSSR count). The Morgan fingerprint density at radius 3 is 2.41 bits per heavy atom. The van der Waals surface area contributed by atoms with Gasteiger partial charge in [-0.05, 0) is 37.6 Å². The summed E-state index contributed by atoms with van der Waals surface area (Å²) in [4.78, 5) is 25.0. The second kappa shape index (κ2) is 8.10. The number of phenolic OH excluding ortho intramolecular Hbond substituents is 2. The van der Waals surface area contributed by atoms with Crippen molar-refractivity contribution in [3.63, 3.8) is 0 Å². The number of ether oxygens (including phenoxy) is 2. The molecule has 1 atom stereocenters. The lowest BCUT2D eigenvalue weighted by atomic mass is 10.0. The number of phenols is 2. The van der Waals surface area contributed by atoms with Crippen molar-refractivity contribution in [2.75, 3.05) is 12.4 Å². The summed E-state index contributed by atoms with van der Waals surface area (Å²) in [5.41, 5.74) is 1.14. The Morgan fingerprint density at radius 2 is 1.72 bits per heavy atom. The zero-order valence-corrected chi connectivity index (χ0v) is 16.2. The number of fused-ring (bicyclic) bond motifs is 1. The maximum Gasteiger partial charge on any atom is 0.342 e. The molecule has 0 aliphatic rings. The molecule has 0 radical (unpaired) electrons. The van der Waals surface area contributed by atoms with E-state index < -0.39 is 18.0 Å². The van der Waals surface area contributed by atoms with Gasteiger partial charge >= 0.3 is 5.97 Å². The maximum atomic E-state index is 12.5. The molecule has 150 valence electrons. The number of nitrogens with one attached hydrogen (secondary N) is 1. The first-order chi connectivity index (χ1) is 13.8. The minimum atomic E-state index is -1.15. The second-order valence-corrected chi connectivity index (χ2v) is 6.58. The molecule has 0 fully saturated rings. The number of carbonyl (C=O) groups excluding carboxylic acids is 2. The summed E-state index contributed by atoms with van der Waals surface area (Å²) in [6.45, 7) is 3.28. The maximum absolute atomic E-state index is 12.5. The fourth-order valence-electron chi connectivity index (χ4n) is 2.93. The van der Waals surface area contributed by atoms with Gasteiger partial charge in [0.1, 0.15) is 22.8 Å². The van der Waals surface area contributed by atoms with E-state index in [-0.39, 0.29) is 17.1 Å². The number of methoxy groups -OCH3 is 1. The largest absolute Gasteiger partial charge is 0.507 e. The van der Waals surface area contributed by atoms with Gasteiger partial charge in [0.2, 0.25) is 0 Å². The van der Waals surface area contributed by atoms with Crippen LogP contribution in [0.3, 0.4) is 0 Å². The molecule has 1 amide bonds. The number of aryl methyl sites for hydroxylation is 1. The highest BCUT2D eigenvalue weighted by atomic mass is 16.5. The zero-order chi connectivity index (χ0) is 21.1. The number of aromatic hydroxyl groups is 2. The van der Waals surface area contributed by atoms with Gasteiger partial charge in [-0.25, -0.2) is 4.79 Å². The molecule has 0 heterocycles. The summed E-state index contributed by atoms with van der Waals surface area (Å²) in [6, 6.07) is 13.0. The van der Waals surface area contributed by atoms with Gasteiger partial charge in [0, 0.05) is 10.8 Å². The highest BCUT2D eigenvalue weighted by molar-refractivity contribution is 6.05. The first-order valence-electron chi connectivity index (χ1n) is 8.92. The Balaban J connectivity index is 1.79. The van der Waals surface area contributed by atoms with E-state index in [0.717, 1.165) is 11.6 Å². The molecule has 0 saturated carbocycles. The molecule has 29 heavy (non-hydrogen) atoms. The minimum absolute atomic E-state index is 0.174. The minimum Gasteiger partial charge on any atom is -0.507 e. The van der Waals surface area contributed by atoms with Gasteiger partial charge in [0.25, 0.3) is 5.91 Å². The molecule has 0 spiro atoms. The predicted molar refractivity (Wildman–Crippen MR) is 109 cm³/mol. The van der Waals surface area contributed by atoms with Crippen LogP contribution in [-0.2, 0) is 9.53 Å². The van der Waals surface area contributed by atoms with Crippen molar-refractivity contribution in [2.24, 2.45) is 0 Å². The molecule has 0 unspecified atom stereocenters. The molecule has 0 aliphatic carbocycles. The van der Waals surface area contributed by atoms with Gasteiger partial charge in [-0.15, -0.1) is 0 Å². The average molecular weight is 395 g/mol. The smallest absolute Gasteiger partial charge is 0.342 e. The lowest BCUT2D eigenvalue weighted by molar-refractivity contribution is -0.123. The number of rotatable bonds is 5. The monoisotopic (exact) mass is 395 g/mol. The van der Waals surface area contributed by atoms with Crippen LogP contribution in [0.15, 0.2) is 48.5 Å². The van der Waals surface area contributed by atoms with Crippen LogP contribution in [0.4, 0.5) is 5.69 Å². The molecular formula is C22H21NO6. The molecular weight excluding hydrogens is 374 g/mol. The summed E-state index contributed by atoms with van der Waals surface area (Å²) in [5.74, 6) is -1.52. The molecule has 3 aromatic rings. The molecule has 0 bridgehead atoms. The van der Waals surface area contributed by atoms with Gasteiger partial charge in [-0.2, -0.15) is 0 Å². The van der Waals surface area contributed by atoms with E-state index in [2.05, 4.69) is 5.32 Å². The summed E-state index contributed by atoms with van der Waals surface area (Å²) in [7, 11) is 1.48. The number of amides is 1. The Hall–Kier alpha value is -3.74. The summed E-state index contributed by atoms with van der Waals surface area (Å²) < 4.78 is 10.4. The second-order valence-electron chi connectivity index (χ2n) is 6.58. The van der Waals surface area contributed by atoms with E-state index in [9.17, 15) is 19.8 Å². The van der Waals surface area contributed by atoms with Crippen LogP contribution in [0.2, 0.25) is 0 Å². The Labute approximate surface area is 167 Å². The third-order valence-electron chi connectivity index (χ3n) is 4.48. The lowest BCUT2D eigenvalue weighted by Crippen LogP contribution is -2.30. The number of benzene rings is 3. The van der Waals surface area contributed by atoms with E-state index in [1.807, 2.05) is 13.0 Å². The standard InChI is InChI=1S/C22H21NO6/c1-12-8-9-19(28-3)17(10-12)23-21(26)13(2)29-22(27)16-11-18(24)14-6-4-5-7-15(14)20(16)25/h4-11,13,24-25H,1-3H3,(H,23,26)/t13-/m1/s1. The first-order valence-corrected chi connectivity index (χ1v) is 8.92. The molecule has 3 N–H and O–H groups in total. The Kier molecular flexibility index (Phi) is 5.59. The zero-order valence-electron chi connectivity index (χ0n) is 16.2. The molecule has 7 nitrogen and oxygen atoms in total. The van der Waals surface area contributed by atoms with E-state index in [1.54, 1.807) is 36.4 Å². The Bertz CT molecular complexity index is 1090. The molecule has 7 heteroatoms. The summed E-state index contributed by atoms with van der Waals surface area (Å²) in [6.07, 6.45) is -1.15. The number of anilines is 1. The van der Waals surface area contributed by atoms with Crippen LogP contribution in [0.1, 0.15) is 22.8 Å². The van der Waals surface area contributed by atoms with Crippen LogP contribution in [0.5, 0.6) is 17.2 Å². The topological polar surface area (TPSA) is 105 Å². The third-order valence-corrected chi connectivity index (χ3v) is 4.48. The fraction of sp³-hybridized carbons (Fsp3) is 0.182. The highest BCUT2D eigenvalue weighted by Gasteiger charge is 2.24. The molecule has 0 saturated heterocycles. The first kappa shape index (κ1) is 20.0. The van der Waals surface area contributed by atoms with Crippen molar-refractivity contribution in [1.82, 2.24) is 0 Å². The van der Waals surface area contributed by atoms with Gasteiger partial charge in [-0.3, -0.25) is 4.79 Å². The average Bonchev–Trinajstić information content (AvgIpc) is 2.70. The van der Waals surface area contributed by atoms with Gasteiger partial charge in [-0.1, -0.05) is 30.3 Å². The Morgan fingerprint density at radius 1 is 1.03 bits per heavy atom. The number of hydrogen-bond acceptors (Lipinski definition) is 6. The van der Waals surface area contributed by atoms with Crippen LogP contribution < -0.4 is 10.1 Å². The van der Waals surface area contributed by atoms with Crippen molar-refractivity contribution < 1.29 is 29.3 Å². The van der Waals surface area contributed by atoms with Crippen LogP contribution in [0.25, 0.3) is 10.8 Å². The lowest BCUT2D eigenvalue weighted by Gasteiger charge is -2.16. The van der Waals surface area contributed by atoms with Gasteiger partial charge in [0.15, 0.2) is 6.10 Å². The molecule has 0 aliphatic heterocycles. The summed E-state index contributed by atoms with van der Waals surface area (Å²) >= 11 is 0. The van der Waals surface area contributed by atoms with E-state index in [1.165, 1.54) is 14.0 Å². The van der Waals surface area contributed by atoms with Crippen molar-refractivity contribution in [3.05, 3.63) is 59.7 Å². The quantitative estimate of drug-likeness (QED) is 0.449. The van der Waals surface area contributed by atoms with Crippen molar-refractivity contribution >= 4 is 28.3 Å². The number of esters is 1. The van der Waals surface area contributed by atoms with E-state index in [0.29, 0.717) is 22.2 Å². The predicted octanol–water partition coefficient (Wildman–Crippen LogP) is 3.75. The van der Waals surface area contributed by atoms with Crippen LogP contribution >= 0.6 is 0 Å². The van der Waals surface area contributed by atoms with Crippen molar-refractivity contribution in [1.29, 1.82) is 0 Å². The van der Waals surface area contributed by atoms with Crippen molar-refractivity contribution in [3.8, 4) is 17.2 Å². The third kappa shape index (κ3) is 4.08. The van der Waals surface area contributed by atoms with Crippen LogP contribution in [-0.4, -0.2) is 35.3 Å². The fourth-order valence-corrected chi connectivity index (χ4v) is 2.93. The normalized spacial score (nSPS) is 11.7. The number of carbonyl (C=O) groups is 2. The number of hydrogen-bond donors (Lipinski definition) is 3. The molecule has 3 aromatic carbocycles. The van der Waals surface area contributed by atoms with E-state index >= 15 is 0 Å². The van der Waals surface area contributed by atoms with Crippen LogP contribution in [0, 0.1) is 6.92 Å². The van der Waals surface area contributed by atoms with Crippen molar-refractivity contribution in [2.45, 2.75) is 20.0 Å².